The lowest BCUT2D eigenvalue weighted by Gasteiger charge is -2.08. The van der Waals surface area contributed by atoms with E-state index in [2.05, 4.69) is 52.5 Å². The first kappa shape index (κ1) is 23.5. The SMILES string of the molecule is COC(=O)CCC[C@H](O)/C(Br)=C/C=C/C(=O)CC/C=C(Br)/C=C\Br. The van der Waals surface area contributed by atoms with Crippen molar-refractivity contribution >= 4 is 59.5 Å². The number of methoxy groups -OCH3 is 1. The summed E-state index contributed by atoms with van der Waals surface area (Å²) in [6.45, 7) is 0. The fraction of sp³-hybridized carbons (Fsp3) is 0.412. The Morgan fingerprint density at radius 1 is 1.21 bits per heavy atom. The molecule has 0 fully saturated rings. The van der Waals surface area contributed by atoms with Crippen molar-refractivity contribution in [1.29, 1.82) is 0 Å². The van der Waals surface area contributed by atoms with Gasteiger partial charge in [0, 0.05) is 21.8 Å². The van der Waals surface area contributed by atoms with Crippen LogP contribution in [0.15, 0.2) is 44.3 Å². The molecular formula is C17H21Br3O4. The van der Waals surface area contributed by atoms with Crippen molar-refractivity contribution in [3.05, 3.63) is 44.3 Å². The first-order valence-corrected chi connectivity index (χ1v) is 9.84. The van der Waals surface area contributed by atoms with Crippen molar-refractivity contribution in [1.82, 2.24) is 0 Å². The molecule has 0 aromatic carbocycles. The van der Waals surface area contributed by atoms with Gasteiger partial charge in [-0.3, -0.25) is 9.59 Å². The molecule has 0 spiro atoms. The molecule has 1 N–H and O–H groups in total. The minimum absolute atomic E-state index is 0.00565. The number of ether oxygens (including phenoxy) is 1. The molecule has 0 aliphatic carbocycles. The summed E-state index contributed by atoms with van der Waals surface area (Å²) in [4.78, 5) is 24.4. The third-order valence-corrected chi connectivity index (χ3v) is 4.54. The lowest BCUT2D eigenvalue weighted by molar-refractivity contribution is -0.140. The number of carbonyl (C=O) groups excluding carboxylic acids is 2. The Kier molecular flexibility index (Phi) is 14.5. The topological polar surface area (TPSA) is 63.6 Å². The van der Waals surface area contributed by atoms with Crippen LogP contribution >= 0.6 is 47.8 Å². The van der Waals surface area contributed by atoms with Gasteiger partial charge in [0.15, 0.2) is 5.78 Å². The van der Waals surface area contributed by atoms with E-state index in [1.54, 1.807) is 17.1 Å². The van der Waals surface area contributed by atoms with Gasteiger partial charge in [-0.2, -0.15) is 0 Å². The molecule has 24 heavy (non-hydrogen) atoms. The molecule has 0 unspecified atom stereocenters. The second-order valence-electron chi connectivity index (χ2n) is 4.78. The number of aliphatic hydroxyl groups excluding tert-OH is 1. The van der Waals surface area contributed by atoms with Gasteiger partial charge in [0.2, 0.25) is 0 Å². The Morgan fingerprint density at radius 3 is 2.54 bits per heavy atom. The van der Waals surface area contributed by atoms with E-state index in [1.807, 2.05) is 12.2 Å². The van der Waals surface area contributed by atoms with E-state index in [4.69, 9.17) is 0 Å². The standard InChI is InChI=1S/C17H21Br3O4/c1-24-17(23)10-4-9-16(22)15(20)8-3-7-14(21)6-2-5-13(19)11-12-18/h3,5,7-8,11-12,16,22H,2,4,6,9-10H2,1H3/b7-3+,12-11-,13-5-,15-8-/t16-/m0/s1. The molecule has 134 valence electrons. The van der Waals surface area contributed by atoms with Gasteiger partial charge in [-0.25, -0.2) is 0 Å². The normalized spacial score (nSPS) is 14.4. The van der Waals surface area contributed by atoms with Crippen LogP contribution in [0, 0.1) is 0 Å². The lowest BCUT2D eigenvalue weighted by atomic mass is 10.1. The summed E-state index contributed by atoms with van der Waals surface area (Å²) in [6.07, 6.45) is 10.1. The monoisotopic (exact) mass is 526 g/mol. The highest BCUT2D eigenvalue weighted by molar-refractivity contribution is 9.12. The van der Waals surface area contributed by atoms with Crippen molar-refractivity contribution in [3.8, 4) is 0 Å². The molecule has 1 atom stereocenters. The third-order valence-electron chi connectivity index (χ3n) is 2.89. The zero-order valence-electron chi connectivity index (χ0n) is 13.4. The number of carbonyl (C=O) groups is 2. The summed E-state index contributed by atoms with van der Waals surface area (Å²) in [6, 6.07) is 0. The van der Waals surface area contributed by atoms with Gasteiger partial charge in [-0.1, -0.05) is 59.9 Å². The first-order chi connectivity index (χ1) is 11.4. The highest BCUT2D eigenvalue weighted by atomic mass is 79.9. The second kappa shape index (κ2) is 14.8. The van der Waals surface area contributed by atoms with Gasteiger partial charge in [0.05, 0.1) is 13.2 Å². The van der Waals surface area contributed by atoms with E-state index in [-0.39, 0.29) is 18.2 Å². The number of ketones is 1. The quantitative estimate of drug-likeness (QED) is 0.231. The van der Waals surface area contributed by atoms with E-state index in [1.165, 1.54) is 13.2 Å². The van der Waals surface area contributed by atoms with Crippen LogP contribution in [0.3, 0.4) is 0 Å². The number of aliphatic hydroxyl groups is 1. The van der Waals surface area contributed by atoms with E-state index >= 15 is 0 Å². The van der Waals surface area contributed by atoms with Crippen LogP contribution in [0.2, 0.25) is 0 Å². The molecule has 0 rings (SSSR count). The highest BCUT2D eigenvalue weighted by Gasteiger charge is 2.09. The number of rotatable bonds is 11. The van der Waals surface area contributed by atoms with Gasteiger partial charge in [-0.15, -0.1) is 0 Å². The highest BCUT2D eigenvalue weighted by Crippen LogP contribution is 2.17. The minimum atomic E-state index is -0.704. The van der Waals surface area contributed by atoms with Crippen LogP contribution in [0.5, 0.6) is 0 Å². The minimum Gasteiger partial charge on any atom is -0.469 e. The summed E-state index contributed by atoms with van der Waals surface area (Å²) in [7, 11) is 1.34. The van der Waals surface area contributed by atoms with E-state index in [0.29, 0.717) is 30.2 Å². The average Bonchev–Trinajstić information content (AvgIpc) is 2.54. The van der Waals surface area contributed by atoms with Crippen LogP contribution in [0.25, 0.3) is 0 Å². The molecule has 0 aliphatic rings. The predicted octanol–water partition coefficient (Wildman–Crippen LogP) is 5.06. The van der Waals surface area contributed by atoms with Crippen LogP contribution in [0.4, 0.5) is 0 Å². The molecule has 0 aromatic heterocycles. The van der Waals surface area contributed by atoms with Crippen LogP contribution < -0.4 is 0 Å². The van der Waals surface area contributed by atoms with Crippen molar-refractivity contribution in [3.63, 3.8) is 0 Å². The fourth-order valence-corrected chi connectivity index (χ4v) is 2.98. The molecule has 0 heterocycles. The Morgan fingerprint density at radius 2 is 1.92 bits per heavy atom. The summed E-state index contributed by atoms with van der Waals surface area (Å²) in [5.41, 5.74) is 0. The largest absolute Gasteiger partial charge is 0.469 e. The number of hydrogen-bond donors (Lipinski definition) is 1. The van der Waals surface area contributed by atoms with Crippen molar-refractivity contribution in [2.75, 3.05) is 7.11 Å². The number of esters is 1. The van der Waals surface area contributed by atoms with Crippen LogP contribution in [-0.4, -0.2) is 30.1 Å². The Hall–Kier alpha value is -0.500. The van der Waals surface area contributed by atoms with E-state index < -0.39 is 6.10 Å². The first-order valence-electron chi connectivity index (χ1n) is 7.34. The maximum atomic E-state index is 11.7. The number of hydrogen-bond acceptors (Lipinski definition) is 4. The summed E-state index contributed by atoms with van der Waals surface area (Å²) in [5.74, 6) is -0.286. The van der Waals surface area contributed by atoms with Crippen molar-refractivity contribution in [2.45, 2.75) is 38.2 Å². The molecule has 0 radical (unpaired) electrons. The Bertz CT molecular complexity index is 522. The van der Waals surface area contributed by atoms with Crippen LogP contribution in [-0.2, 0) is 14.3 Å². The summed E-state index contributed by atoms with van der Waals surface area (Å²) >= 11 is 9.80. The maximum absolute atomic E-state index is 11.7. The average molecular weight is 529 g/mol. The molecule has 4 nitrogen and oxygen atoms in total. The third kappa shape index (κ3) is 12.9. The molecule has 0 aromatic rings. The molecular weight excluding hydrogens is 508 g/mol. The van der Waals surface area contributed by atoms with Gasteiger partial charge < -0.3 is 9.84 Å². The molecule has 0 bridgehead atoms. The van der Waals surface area contributed by atoms with Gasteiger partial charge in [0.1, 0.15) is 0 Å². The van der Waals surface area contributed by atoms with Crippen molar-refractivity contribution < 1.29 is 19.4 Å². The lowest BCUT2D eigenvalue weighted by Crippen LogP contribution is -2.08. The smallest absolute Gasteiger partial charge is 0.305 e. The molecule has 0 amide bonds. The van der Waals surface area contributed by atoms with Gasteiger partial charge in [0.25, 0.3) is 0 Å². The zero-order valence-corrected chi connectivity index (χ0v) is 18.1. The van der Waals surface area contributed by atoms with E-state index in [0.717, 1.165) is 4.48 Å². The zero-order chi connectivity index (χ0) is 18.4. The molecule has 0 saturated heterocycles. The number of allylic oxidation sites excluding steroid dienone is 6. The molecule has 0 aliphatic heterocycles. The maximum Gasteiger partial charge on any atom is 0.305 e. The second-order valence-corrected chi connectivity index (χ2v) is 7.14. The molecule has 0 saturated carbocycles. The van der Waals surface area contributed by atoms with Gasteiger partial charge >= 0.3 is 5.97 Å². The Balaban J connectivity index is 4.19. The Labute approximate surface area is 168 Å². The van der Waals surface area contributed by atoms with Crippen molar-refractivity contribution in [2.24, 2.45) is 0 Å². The fourth-order valence-electron chi connectivity index (χ4n) is 1.60. The van der Waals surface area contributed by atoms with Crippen LogP contribution in [0.1, 0.15) is 32.1 Å². The summed E-state index contributed by atoms with van der Waals surface area (Å²) < 4.78 is 6.02. The molecule has 7 heteroatoms. The summed E-state index contributed by atoms with van der Waals surface area (Å²) in [5, 5.41) is 9.91. The number of halogens is 3. The predicted molar refractivity (Wildman–Crippen MR) is 107 cm³/mol. The van der Waals surface area contributed by atoms with Gasteiger partial charge in [-0.05, 0) is 42.5 Å². The van der Waals surface area contributed by atoms with E-state index in [9.17, 15) is 14.7 Å².